The van der Waals surface area contributed by atoms with E-state index in [4.69, 9.17) is 0 Å². The maximum absolute atomic E-state index is 11.1. The number of nitrogens with zero attached hydrogens (tertiary/aromatic N) is 3. The van der Waals surface area contributed by atoms with Crippen molar-refractivity contribution >= 4 is 29.2 Å². The van der Waals surface area contributed by atoms with Gasteiger partial charge in [0.25, 0.3) is 0 Å². The maximum Gasteiger partial charge on any atom is 0.209 e. The second-order valence-electron chi connectivity index (χ2n) is 7.49. The number of carbonyl (C=O) groups is 1. The lowest BCUT2D eigenvalue weighted by molar-refractivity contribution is -0.118. The molecule has 3 aromatic rings. The fraction of sp³-hybridized carbons (Fsp3) is 0.240. The van der Waals surface area contributed by atoms with E-state index in [-0.39, 0.29) is 0 Å². The zero-order valence-electron chi connectivity index (χ0n) is 17.4. The lowest BCUT2D eigenvalue weighted by Gasteiger charge is -2.35. The van der Waals surface area contributed by atoms with E-state index < -0.39 is 0 Å². The van der Waals surface area contributed by atoms with Gasteiger partial charge in [0.15, 0.2) is 0 Å². The molecule has 154 valence electrons. The Balaban J connectivity index is 1.71. The molecule has 1 saturated heterocycles. The van der Waals surface area contributed by atoms with Crippen LogP contribution in [0.2, 0.25) is 0 Å². The molecule has 0 spiro atoms. The molecule has 0 aliphatic carbocycles. The number of benzene rings is 3. The molecule has 1 N–H and O–H groups in total. The van der Waals surface area contributed by atoms with Crippen molar-refractivity contribution in [2.45, 2.75) is 6.54 Å². The van der Waals surface area contributed by atoms with Gasteiger partial charge in [-0.2, -0.15) is 0 Å². The van der Waals surface area contributed by atoms with Crippen molar-refractivity contribution in [3.8, 4) is 0 Å². The molecule has 0 unspecified atom stereocenters. The third kappa shape index (κ3) is 4.40. The van der Waals surface area contributed by atoms with Crippen LogP contribution >= 0.6 is 0 Å². The first-order valence-corrected chi connectivity index (χ1v) is 10.4. The summed E-state index contributed by atoms with van der Waals surface area (Å²) in [7, 11) is 1.97. The summed E-state index contributed by atoms with van der Waals surface area (Å²) in [6.45, 7) is 4.00. The molecular weight excluding hydrogens is 372 g/mol. The molecule has 1 amide bonds. The molecule has 5 nitrogen and oxygen atoms in total. The van der Waals surface area contributed by atoms with Crippen molar-refractivity contribution in [2.24, 2.45) is 0 Å². The Kier molecular flexibility index (Phi) is 6.18. The number of amides is 1. The van der Waals surface area contributed by atoms with E-state index in [1.165, 1.54) is 11.3 Å². The van der Waals surface area contributed by atoms with E-state index in [0.29, 0.717) is 0 Å². The monoisotopic (exact) mass is 400 g/mol. The van der Waals surface area contributed by atoms with Crippen LogP contribution in [0, 0.1) is 0 Å². The number of rotatable bonds is 7. The third-order valence-electron chi connectivity index (χ3n) is 5.62. The van der Waals surface area contributed by atoms with Gasteiger partial charge in [-0.05, 0) is 35.9 Å². The van der Waals surface area contributed by atoms with Crippen LogP contribution in [0.15, 0.2) is 78.9 Å². The van der Waals surface area contributed by atoms with Crippen LogP contribution in [0.3, 0.4) is 0 Å². The number of hydrogen-bond acceptors (Lipinski definition) is 4. The summed E-state index contributed by atoms with van der Waals surface area (Å²) in [5, 5.41) is 3.36. The summed E-state index contributed by atoms with van der Waals surface area (Å²) in [5.41, 5.74) is 5.82. The largest absolute Gasteiger partial charge is 0.386 e. The zero-order valence-corrected chi connectivity index (χ0v) is 17.4. The molecular formula is C25H28N4O. The van der Waals surface area contributed by atoms with Gasteiger partial charge in [-0.15, -0.1) is 0 Å². The second kappa shape index (κ2) is 9.35. The minimum atomic E-state index is 0.763. The molecule has 4 rings (SSSR count). The van der Waals surface area contributed by atoms with Crippen LogP contribution in [0.4, 0.5) is 22.7 Å². The van der Waals surface area contributed by atoms with Gasteiger partial charge >= 0.3 is 0 Å². The average molecular weight is 401 g/mol. The molecule has 0 saturated carbocycles. The summed E-state index contributed by atoms with van der Waals surface area (Å²) in [6, 6.07) is 27.6. The van der Waals surface area contributed by atoms with E-state index in [9.17, 15) is 4.79 Å². The first-order valence-electron chi connectivity index (χ1n) is 10.4. The van der Waals surface area contributed by atoms with E-state index in [0.717, 1.165) is 56.2 Å². The fourth-order valence-corrected chi connectivity index (χ4v) is 3.93. The average Bonchev–Trinajstić information content (AvgIpc) is 2.83. The standard InChI is InChI=1S/C25H28N4O/c1-26-24-13-12-23(28-16-14-27(20-30)15-17-28)18-25(24)29(22-10-6-3-7-11-22)19-21-8-4-2-5-9-21/h2-13,18,20,26H,14-17,19H2,1H3. The van der Waals surface area contributed by atoms with Gasteiger partial charge in [0.2, 0.25) is 6.41 Å². The quantitative estimate of drug-likeness (QED) is 0.599. The van der Waals surface area contributed by atoms with Gasteiger partial charge < -0.3 is 20.0 Å². The Morgan fingerprint density at radius 1 is 0.900 bits per heavy atom. The van der Waals surface area contributed by atoms with Crippen LogP contribution in [-0.4, -0.2) is 44.5 Å². The second-order valence-corrected chi connectivity index (χ2v) is 7.49. The van der Waals surface area contributed by atoms with E-state index in [1.807, 2.05) is 18.0 Å². The van der Waals surface area contributed by atoms with Crippen LogP contribution in [-0.2, 0) is 11.3 Å². The normalized spacial score (nSPS) is 13.8. The van der Waals surface area contributed by atoms with Gasteiger partial charge in [0.1, 0.15) is 0 Å². The van der Waals surface area contributed by atoms with Crippen LogP contribution in [0.25, 0.3) is 0 Å². The molecule has 0 bridgehead atoms. The van der Waals surface area contributed by atoms with Gasteiger partial charge in [-0.3, -0.25) is 4.79 Å². The van der Waals surface area contributed by atoms with Crippen molar-refractivity contribution in [2.75, 3.05) is 48.3 Å². The predicted molar refractivity (Wildman–Crippen MR) is 125 cm³/mol. The van der Waals surface area contributed by atoms with Crippen molar-refractivity contribution in [1.29, 1.82) is 0 Å². The summed E-state index contributed by atoms with van der Waals surface area (Å²) >= 11 is 0. The first kappa shape index (κ1) is 19.8. The SMILES string of the molecule is CNc1ccc(N2CCN(C=O)CC2)cc1N(Cc1ccccc1)c1ccccc1. The molecule has 1 aliphatic rings. The predicted octanol–water partition coefficient (Wildman–Crippen LogP) is 4.35. The Bertz CT molecular complexity index is 953. The number of nitrogens with one attached hydrogen (secondary N) is 1. The van der Waals surface area contributed by atoms with Crippen molar-refractivity contribution < 1.29 is 4.79 Å². The minimum absolute atomic E-state index is 0.763. The first-order chi connectivity index (χ1) is 14.8. The molecule has 0 aromatic heterocycles. The fourth-order valence-electron chi connectivity index (χ4n) is 3.93. The molecule has 3 aromatic carbocycles. The highest BCUT2D eigenvalue weighted by Gasteiger charge is 2.19. The van der Waals surface area contributed by atoms with E-state index >= 15 is 0 Å². The molecule has 1 heterocycles. The highest BCUT2D eigenvalue weighted by atomic mass is 16.1. The molecule has 0 radical (unpaired) electrons. The summed E-state index contributed by atoms with van der Waals surface area (Å²) in [6.07, 6.45) is 0.948. The Morgan fingerprint density at radius 3 is 2.20 bits per heavy atom. The Hall–Kier alpha value is -3.47. The van der Waals surface area contributed by atoms with Crippen LogP contribution in [0.5, 0.6) is 0 Å². The van der Waals surface area contributed by atoms with Crippen LogP contribution in [0.1, 0.15) is 5.56 Å². The third-order valence-corrected chi connectivity index (χ3v) is 5.62. The smallest absolute Gasteiger partial charge is 0.209 e. The summed E-state index contributed by atoms with van der Waals surface area (Å²) in [4.78, 5) is 17.6. The van der Waals surface area contributed by atoms with E-state index in [1.54, 1.807) is 0 Å². The molecule has 1 aliphatic heterocycles. The van der Waals surface area contributed by atoms with Crippen molar-refractivity contribution in [3.05, 3.63) is 84.4 Å². The molecule has 5 heteroatoms. The highest BCUT2D eigenvalue weighted by molar-refractivity contribution is 5.80. The Labute approximate surface area is 178 Å². The number of para-hydroxylation sites is 1. The summed E-state index contributed by atoms with van der Waals surface area (Å²) in [5.74, 6) is 0. The molecule has 1 fully saturated rings. The van der Waals surface area contributed by atoms with Gasteiger partial charge in [0.05, 0.1) is 11.4 Å². The van der Waals surface area contributed by atoms with Gasteiger partial charge in [0, 0.05) is 51.1 Å². The highest BCUT2D eigenvalue weighted by Crippen LogP contribution is 2.36. The summed E-state index contributed by atoms with van der Waals surface area (Å²) < 4.78 is 0. The van der Waals surface area contributed by atoms with Gasteiger partial charge in [-0.1, -0.05) is 48.5 Å². The number of piperazine rings is 1. The topological polar surface area (TPSA) is 38.8 Å². The van der Waals surface area contributed by atoms with E-state index in [2.05, 4.69) is 87.9 Å². The van der Waals surface area contributed by atoms with Crippen LogP contribution < -0.4 is 15.1 Å². The number of carbonyl (C=O) groups excluding carboxylic acids is 1. The number of hydrogen-bond donors (Lipinski definition) is 1. The lowest BCUT2D eigenvalue weighted by Crippen LogP contribution is -2.45. The zero-order chi connectivity index (χ0) is 20.8. The van der Waals surface area contributed by atoms with Gasteiger partial charge in [-0.25, -0.2) is 0 Å². The molecule has 30 heavy (non-hydrogen) atoms. The Morgan fingerprint density at radius 2 is 1.57 bits per heavy atom. The lowest BCUT2D eigenvalue weighted by atomic mass is 10.1. The van der Waals surface area contributed by atoms with Crippen molar-refractivity contribution in [3.63, 3.8) is 0 Å². The van der Waals surface area contributed by atoms with Crippen molar-refractivity contribution in [1.82, 2.24) is 4.90 Å². The maximum atomic E-state index is 11.1. The molecule has 0 atom stereocenters. The number of anilines is 4. The minimum Gasteiger partial charge on any atom is -0.386 e.